The van der Waals surface area contributed by atoms with Crippen LogP contribution in [0.4, 0.5) is 5.69 Å². The third-order valence-electron chi connectivity index (χ3n) is 5.07. The van der Waals surface area contributed by atoms with Crippen molar-refractivity contribution in [2.75, 3.05) is 11.6 Å². The first-order valence-corrected chi connectivity index (χ1v) is 10.6. The molecule has 1 aromatic heterocycles. The van der Waals surface area contributed by atoms with E-state index in [1.807, 2.05) is 0 Å². The van der Waals surface area contributed by atoms with E-state index in [1.54, 1.807) is 49.4 Å². The number of aromatic carboxylic acids is 1. The monoisotopic (exact) mass is 488 g/mol. The highest BCUT2D eigenvalue weighted by Crippen LogP contribution is 2.30. The lowest BCUT2D eigenvalue weighted by atomic mass is 10.1. The normalized spacial score (nSPS) is 14.1. The number of anilines is 1. The zero-order valence-electron chi connectivity index (χ0n) is 18.3. The van der Waals surface area contributed by atoms with Crippen LogP contribution < -0.4 is 5.01 Å². The van der Waals surface area contributed by atoms with Crippen LogP contribution in [0.1, 0.15) is 33.4 Å². The van der Waals surface area contributed by atoms with Crippen LogP contribution in [0.5, 0.6) is 0 Å². The van der Waals surface area contributed by atoms with Crippen LogP contribution in [0.25, 0.3) is 17.4 Å². The summed E-state index contributed by atoms with van der Waals surface area (Å²) in [6.45, 7) is 1.54. The molecule has 0 aliphatic carbocycles. The van der Waals surface area contributed by atoms with Crippen LogP contribution >= 0.6 is 11.6 Å². The molecule has 1 N–H and O–H groups in total. The van der Waals surface area contributed by atoms with Crippen molar-refractivity contribution in [1.29, 1.82) is 0 Å². The molecular weight excluding hydrogens is 472 g/mol. The number of hydrogen-bond donors (Lipinski definition) is 1. The number of carboxylic acids is 1. The van der Waals surface area contributed by atoms with E-state index in [0.717, 1.165) is 5.01 Å². The zero-order chi connectivity index (χ0) is 25.1. The smallest absolute Gasteiger partial charge is 0.339 e. The quantitative estimate of drug-likeness (QED) is 0.300. The van der Waals surface area contributed by atoms with Gasteiger partial charge in [0.2, 0.25) is 0 Å². The van der Waals surface area contributed by atoms with Crippen molar-refractivity contribution in [3.63, 3.8) is 0 Å². The fourth-order valence-corrected chi connectivity index (χ4v) is 3.58. The van der Waals surface area contributed by atoms with E-state index < -0.39 is 17.8 Å². The van der Waals surface area contributed by atoms with E-state index in [0.29, 0.717) is 28.4 Å². The first-order valence-electron chi connectivity index (χ1n) is 10.2. The Hall–Kier alpha value is -4.61. The maximum Gasteiger partial charge on any atom is 0.339 e. The van der Waals surface area contributed by atoms with Crippen molar-refractivity contribution in [1.82, 2.24) is 0 Å². The van der Waals surface area contributed by atoms with Gasteiger partial charge in [0.15, 0.2) is 6.61 Å². The van der Waals surface area contributed by atoms with Crippen molar-refractivity contribution in [3.05, 3.63) is 82.1 Å². The lowest BCUT2D eigenvalue weighted by Crippen LogP contribution is -2.21. The van der Waals surface area contributed by atoms with Gasteiger partial charge in [0.1, 0.15) is 11.5 Å². The topological polar surface area (TPSA) is 109 Å². The number of amides is 1. The Balaban J connectivity index is 1.58. The predicted octanol–water partition coefficient (Wildman–Crippen LogP) is 4.89. The minimum Gasteiger partial charge on any atom is -0.478 e. The van der Waals surface area contributed by atoms with Crippen molar-refractivity contribution in [3.8, 4) is 23.7 Å². The molecule has 0 saturated carbocycles. The molecule has 35 heavy (non-hydrogen) atoms. The minimum atomic E-state index is -1.21. The van der Waals surface area contributed by atoms with E-state index in [2.05, 4.69) is 11.0 Å². The largest absolute Gasteiger partial charge is 0.478 e. The maximum absolute atomic E-state index is 13.0. The number of furan rings is 1. The molecule has 0 unspecified atom stereocenters. The molecule has 2 heterocycles. The zero-order valence-corrected chi connectivity index (χ0v) is 19.1. The summed E-state index contributed by atoms with van der Waals surface area (Å²) in [5.41, 5.74) is 1.80. The molecule has 0 bridgehead atoms. The van der Waals surface area contributed by atoms with Crippen molar-refractivity contribution in [2.45, 2.75) is 6.92 Å². The van der Waals surface area contributed by atoms with Crippen LogP contribution in [-0.4, -0.2) is 35.3 Å². The molecular formula is C26H17ClN2O6. The standard InChI is InChI=1S/C26H17ClN2O6/c1-3-11-34-26(33)17-6-4-5-16(12-17)23-10-8-19(35-23)14-20-15(2)28-29(24(20)30)18-7-9-22(27)21(13-18)25(31)32/h1,4-10,12-14H,11H2,2H3,(H,31,32)/b20-14-. The number of hydrogen-bond acceptors (Lipinski definition) is 6. The minimum absolute atomic E-state index is 0.0563. The van der Waals surface area contributed by atoms with Crippen molar-refractivity contribution < 1.29 is 28.6 Å². The van der Waals surface area contributed by atoms with Crippen LogP contribution in [0.3, 0.4) is 0 Å². The van der Waals surface area contributed by atoms with Gasteiger partial charge in [-0.25, -0.2) is 9.59 Å². The molecule has 4 rings (SSSR count). The predicted molar refractivity (Wildman–Crippen MR) is 130 cm³/mol. The van der Waals surface area contributed by atoms with Gasteiger partial charge in [-0.15, -0.1) is 6.42 Å². The second kappa shape index (κ2) is 9.71. The summed E-state index contributed by atoms with van der Waals surface area (Å²) in [5, 5.41) is 14.7. The SMILES string of the molecule is C#CCOC(=O)c1cccc(-c2ccc(/C=C3\C(=O)N(c4ccc(Cl)c(C(=O)O)c4)N=C3C)o2)c1. The number of terminal acetylenes is 1. The number of halogens is 1. The van der Waals surface area contributed by atoms with Crippen molar-refractivity contribution >= 4 is 46.9 Å². The second-order valence-corrected chi connectivity index (χ2v) is 7.80. The molecule has 174 valence electrons. The van der Waals surface area contributed by atoms with Gasteiger partial charge >= 0.3 is 11.9 Å². The number of carboxylic acid groups (broad SMARTS) is 1. The summed E-state index contributed by atoms with van der Waals surface area (Å²) in [5.74, 6) is 0.905. The molecule has 2 aromatic carbocycles. The Kier molecular flexibility index (Phi) is 6.53. The summed E-state index contributed by atoms with van der Waals surface area (Å²) in [6, 6.07) is 14.3. The third-order valence-corrected chi connectivity index (χ3v) is 5.40. The summed E-state index contributed by atoms with van der Waals surface area (Å²) >= 11 is 5.92. The number of esters is 1. The number of nitrogens with zero attached hydrogens (tertiary/aromatic N) is 2. The van der Waals surface area contributed by atoms with Gasteiger partial charge in [-0.2, -0.15) is 10.1 Å². The van der Waals surface area contributed by atoms with E-state index in [1.165, 1.54) is 18.2 Å². The average molecular weight is 489 g/mol. The molecule has 0 radical (unpaired) electrons. The van der Waals surface area contributed by atoms with Gasteiger partial charge in [0.25, 0.3) is 5.91 Å². The van der Waals surface area contributed by atoms with Gasteiger partial charge < -0.3 is 14.3 Å². The maximum atomic E-state index is 13.0. The highest BCUT2D eigenvalue weighted by molar-refractivity contribution is 6.34. The first kappa shape index (κ1) is 23.5. The molecule has 3 aromatic rings. The number of rotatable bonds is 6. The van der Waals surface area contributed by atoms with E-state index in [4.69, 9.17) is 27.2 Å². The van der Waals surface area contributed by atoms with E-state index in [9.17, 15) is 19.5 Å². The summed E-state index contributed by atoms with van der Waals surface area (Å²) in [6.07, 6.45) is 6.66. The van der Waals surface area contributed by atoms with Gasteiger partial charge in [0, 0.05) is 5.56 Å². The first-order chi connectivity index (χ1) is 16.8. The summed E-state index contributed by atoms with van der Waals surface area (Å²) in [7, 11) is 0. The van der Waals surface area contributed by atoms with Crippen LogP contribution in [0.2, 0.25) is 5.02 Å². The molecule has 8 nitrogen and oxygen atoms in total. The molecule has 1 aliphatic heterocycles. The molecule has 1 aliphatic rings. The Morgan fingerprint density at radius 2 is 2.03 bits per heavy atom. The average Bonchev–Trinajstić information content (AvgIpc) is 3.43. The van der Waals surface area contributed by atoms with Gasteiger partial charge in [-0.1, -0.05) is 29.7 Å². The highest BCUT2D eigenvalue weighted by atomic mass is 35.5. The molecule has 1 amide bonds. The lowest BCUT2D eigenvalue weighted by Gasteiger charge is -2.12. The van der Waals surface area contributed by atoms with E-state index >= 15 is 0 Å². The summed E-state index contributed by atoms with van der Waals surface area (Å²) < 4.78 is 10.8. The van der Waals surface area contributed by atoms with Gasteiger partial charge in [-0.3, -0.25) is 4.79 Å². The van der Waals surface area contributed by atoms with E-state index in [-0.39, 0.29) is 28.5 Å². The fourth-order valence-electron chi connectivity index (χ4n) is 3.39. The van der Waals surface area contributed by atoms with Crippen LogP contribution in [0.15, 0.2) is 69.7 Å². The highest BCUT2D eigenvalue weighted by Gasteiger charge is 2.30. The second-order valence-electron chi connectivity index (χ2n) is 7.39. The molecule has 9 heteroatoms. The number of carbonyl (C=O) groups is 3. The van der Waals surface area contributed by atoms with Crippen LogP contribution in [-0.2, 0) is 9.53 Å². The molecule has 0 atom stereocenters. The lowest BCUT2D eigenvalue weighted by molar-refractivity contribution is -0.114. The Morgan fingerprint density at radius 1 is 1.23 bits per heavy atom. The molecule has 0 spiro atoms. The molecule has 0 saturated heterocycles. The van der Waals surface area contributed by atoms with Gasteiger partial charge in [-0.05, 0) is 55.5 Å². The Bertz CT molecular complexity index is 1460. The molecule has 0 fully saturated rings. The number of ether oxygens (including phenoxy) is 1. The Morgan fingerprint density at radius 3 is 2.77 bits per heavy atom. The Labute approximate surface area is 205 Å². The van der Waals surface area contributed by atoms with Crippen molar-refractivity contribution in [2.24, 2.45) is 5.10 Å². The number of benzene rings is 2. The van der Waals surface area contributed by atoms with Gasteiger partial charge in [0.05, 0.1) is 33.1 Å². The summed E-state index contributed by atoms with van der Waals surface area (Å²) in [4.78, 5) is 36.5. The number of hydrazone groups is 1. The van der Waals surface area contributed by atoms with Crippen LogP contribution in [0, 0.1) is 12.3 Å². The third kappa shape index (κ3) is 4.86. The number of carbonyl (C=O) groups excluding carboxylic acids is 2. The fraction of sp³-hybridized carbons (Fsp3) is 0.0769.